The molecule has 5 nitrogen and oxygen atoms in total. The highest BCUT2D eigenvalue weighted by molar-refractivity contribution is 5.90. The average molecular weight is 269 g/mol. The van der Waals surface area contributed by atoms with Crippen LogP contribution in [0, 0.1) is 5.82 Å². The van der Waals surface area contributed by atoms with Gasteiger partial charge in [-0.25, -0.2) is 9.18 Å². The molecule has 1 aromatic carbocycles. The third-order valence-electron chi connectivity index (χ3n) is 2.58. The number of hydrogen-bond acceptors (Lipinski definition) is 4. The number of halogens is 1. The highest BCUT2D eigenvalue weighted by Gasteiger charge is 2.13. The molecule has 0 saturated carbocycles. The maximum absolute atomic E-state index is 13.4. The lowest BCUT2D eigenvalue weighted by Crippen LogP contribution is -2.17. The number of carbonyl (C=O) groups is 2. The fourth-order valence-electron chi connectivity index (χ4n) is 1.58. The first-order valence-corrected chi connectivity index (χ1v) is 5.80. The van der Waals surface area contributed by atoms with E-state index in [4.69, 9.17) is 5.11 Å². The molecule has 0 aromatic heterocycles. The molecule has 1 atom stereocenters. The third kappa shape index (κ3) is 4.57. The summed E-state index contributed by atoms with van der Waals surface area (Å²) in [5, 5.41) is 11.6. The number of carbonyl (C=O) groups excluding carboxylic acids is 1. The molecule has 6 heteroatoms. The van der Waals surface area contributed by atoms with Crippen LogP contribution in [0.3, 0.4) is 0 Å². The van der Waals surface area contributed by atoms with Crippen molar-refractivity contribution in [1.29, 1.82) is 0 Å². The van der Waals surface area contributed by atoms with Crippen LogP contribution in [-0.2, 0) is 9.53 Å². The lowest BCUT2D eigenvalue weighted by Gasteiger charge is -2.15. The quantitative estimate of drug-likeness (QED) is 0.775. The van der Waals surface area contributed by atoms with Crippen LogP contribution in [0.4, 0.5) is 10.1 Å². The highest BCUT2D eigenvalue weighted by atomic mass is 19.1. The first-order chi connectivity index (χ1) is 8.93. The van der Waals surface area contributed by atoms with Crippen LogP contribution in [0.1, 0.15) is 30.1 Å². The number of hydrogen-bond donors (Lipinski definition) is 2. The highest BCUT2D eigenvalue weighted by Crippen LogP contribution is 2.17. The molecule has 104 valence electrons. The van der Waals surface area contributed by atoms with Crippen LogP contribution in [0.2, 0.25) is 0 Å². The van der Waals surface area contributed by atoms with Crippen molar-refractivity contribution in [3.05, 3.63) is 29.6 Å². The average Bonchev–Trinajstić information content (AvgIpc) is 2.37. The minimum Gasteiger partial charge on any atom is -0.481 e. The van der Waals surface area contributed by atoms with Gasteiger partial charge in [0.05, 0.1) is 12.7 Å². The van der Waals surface area contributed by atoms with Gasteiger partial charge in [0, 0.05) is 18.2 Å². The Labute approximate surface area is 110 Å². The number of esters is 1. The smallest absolute Gasteiger partial charge is 0.340 e. The molecule has 1 rings (SSSR count). The van der Waals surface area contributed by atoms with Crippen molar-refractivity contribution in [2.24, 2.45) is 0 Å². The zero-order valence-corrected chi connectivity index (χ0v) is 10.8. The van der Waals surface area contributed by atoms with Crippen LogP contribution in [-0.4, -0.2) is 30.2 Å². The van der Waals surface area contributed by atoms with E-state index in [1.807, 2.05) is 6.92 Å². The number of benzene rings is 1. The van der Waals surface area contributed by atoms with Crippen LogP contribution < -0.4 is 5.32 Å². The van der Waals surface area contributed by atoms with E-state index in [0.717, 1.165) is 0 Å². The summed E-state index contributed by atoms with van der Waals surface area (Å²) in [5.41, 5.74) is 0.387. The maximum Gasteiger partial charge on any atom is 0.340 e. The fraction of sp³-hybridized carbons (Fsp3) is 0.385. The van der Waals surface area contributed by atoms with Gasteiger partial charge in [0.15, 0.2) is 0 Å². The van der Waals surface area contributed by atoms with Crippen molar-refractivity contribution < 1.29 is 23.8 Å². The zero-order valence-electron chi connectivity index (χ0n) is 10.8. The Morgan fingerprint density at radius 3 is 2.74 bits per heavy atom. The van der Waals surface area contributed by atoms with Gasteiger partial charge in [0.25, 0.3) is 0 Å². The van der Waals surface area contributed by atoms with Gasteiger partial charge in [0.1, 0.15) is 5.82 Å². The number of aliphatic carboxylic acids is 1. The number of carboxylic acid groups (broad SMARTS) is 1. The number of nitrogens with one attached hydrogen (secondary N) is 1. The summed E-state index contributed by atoms with van der Waals surface area (Å²) in [6, 6.07) is 3.89. The Bertz CT molecular complexity index is 476. The standard InChI is InChI=1S/C13H16FNO4/c1-8(3-6-12(16)17)15-9-4-5-11(14)10(7-9)13(18)19-2/h4-5,7-8,15H,3,6H2,1-2H3,(H,16,17). The SMILES string of the molecule is COC(=O)c1cc(NC(C)CCC(=O)O)ccc1F. The summed E-state index contributed by atoms with van der Waals surface area (Å²) in [6.45, 7) is 1.81. The minimum atomic E-state index is -0.872. The van der Waals surface area contributed by atoms with E-state index in [1.165, 1.54) is 25.3 Å². The molecule has 0 saturated heterocycles. The molecule has 19 heavy (non-hydrogen) atoms. The summed E-state index contributed by atoms with van der Waals surface area (Å²) in [5.74, 6) is -2.28. The summed E-state index contributed by atoms with van der Waals surface area (Å²) in [6.07, 6.45) is 0.472. The normalized spacial score (nSPS) is 11.7. The molecule has 0 radical (unpaired) electrons. The Kier molecular flexibility index (Phi) is 5.29. The molecule has 0 amide bonds. The second kappa shape index (κ2) is 6.72. The monoisotopic (exact) mass is 269 g/mol. The predicted octanol–water partition coefficient (Wildman–Crippen LogP) is 2.28. The van der Waals surface area contributed by atoms with E-state index in [2.05, 4.69) is 10.1 Å². The number of methoxy groups -OCH3 is 1. The lowest BCUT2D eigenvalue weighted by atomic mass is 10.1. The number of anilines is 1. The van der Waals surface area contributed by atoms with Crippen molar-refractivity contribution in [3.8, 4) is 0 Å². The van der Waals surface area contributed by atoms with Crippen molar-refractivity contribution in [3.63, 3.8) is 0 Å². The molecule has 0 spiro atoms. The van der Waals surface area contributed by atoms with Gasteiger partial charge in [-0.15, -0.1) is 0 Å². The van der Waals surface area contributed by atoms with Gasteiger partial charge in [-0.1, -0.05) is 0 Å². The Hall–Kier alpha value is -2.11. The van der Waals surface area contributed by atoms with Crippen molar-refractivity contribution in [2.75, 3.05) is 12.4 Å². The second-order valence-corrected chi connectivity index (χ2v) is 4.16. The van der Waals surface area contributed by atoms with E-state index in [1.54, 1.807) is 0 Å². The maximum atomic E-state index is 13.4. The molecule has 0 aliphatic rings. The topological polar surface area (TPSA) is 75.6 Å². The Morgan fingerprint density at radius 2 is 2.16 bits per heavy atom. The van der Waals surface area contributed by atoms with Crippen molar-refractivity contribution in [2.45, 2.75) is 25.8 Å². The van der Waals surface area contributed by atoms with Crippen LogP contribution >= 0.6 is 0 Å². The van der Waals surface area contributed by atoms with E-state index in [0.29, 0.717) is 12.1 Å². The van der Waals surface area contributed by atoms with E-state index >= 15 is 0 Å². The summed E-state index contributed by atoms with van der Waals surface area (Å²) >= 11 is 0. The first kappa shape index (κ1) is 14.9. The third-order valence-corrected chi connectivity index (χ3v) is 2.58. The summed E-state index contributed by atoms with van der Waals surface area (Å²) < 4.78 is 17.9. The summed E-state index contributed by atoms with van der Waals surface area (Å²) in [7, 11) is 1.18. The van der Waals surface area contributed by atoms with Gasteiger partial charge < -0.3 is 15.2 Å². The molecular weight excluding hydrogens is 253 g/mol. The van der Waals surface area contributed by atoms with Crippen LogP contribution in [0.5, 0.6) is 0 Å². The van der Waals surface area contributed by atoms with Crippen molar-refractivity contribution in [1.82, 2.24) is 0 Å². The van der Waals surface area contributed by atoms with E-state index < -0.39 is 17.8 Å². The lowest BCUT2D eigenvalue weighted by molar-refractivity contribution is -0.137. The summed E-state index contributed by atoms with van der Waals surface area (Å²) in [4.78, 5) is 21.8. The van der Waals surface area contributed by atoms with Crippen molar-refractivity contribution >= 4 is 17.6 Å². The molecule has 0 aliphatic carbocycles. The fourth-order valence-corrected chi connectivity index (χ4v) is 1.58. The zero-order chi connectivity index (χ0) is 14.4. The second-order valence-electron chi connectivity index (χ2n) is 4.16. The molecule has 2 N–H and O–H groups in total. The van der Waals surface area contributed by atoms with E-state index in [9.17, 15) is 14.0 Å². The number of carboxylic acids is 1. The number of rotatable bonds is 6. The molecule has 0 heterocycles. The van der Waals surface area contributed by atoms with Gasteiger partial charge in [0.2, 0.25) is 0 Å². The Morgan fingerprint density at radius 1 is 1.47 bits per heavy atom. The van der Waals surface area contributed by atoms with Gasteiger partial charge >= 0.3 is 11.9 Å². The molecule has 0 aliphatic heterocycles. The molecule has 1 aromatic rings. The predicted molar refractivity (Wildman–Crippen MR) is 67.7 cm³/mol. The largest absolute Gasteiger partial charge is 0.481 e. The molecule has 1 unspecified atom stereocenters. The van der Waals surface area contributed by atoms with Gasteiger partial charge in [-0.05, 0) is 31.5 Å². The van der Waals surface area contributed by atoms with Gasteiger partial charge in [-0.3, -0.25) is 4.79 Å². The minimum absolute atomic E-state index is 0.0409. The van der Waals surface area contributed by atoms with Gasteiger partial charge in [-0.2, -0.15) is 0 Å². The molecular formula is C13H16FNO4. The first-order valence-electron chi connectivity index (χ1n) is 5.80. The van der Waals surface area contributed by atoms with Crippen LogP contribution in [0.25, 0.3) is 0 Å². The molecule has 0 fully saturated rings. The van der Waals surface area contributed by atoms with E-state index in [-0.39, 0.29) is 18.0 Å². The van der Waals surface area contributed by atoms with Crippen LogP contribution in [0.15, 0.2) is 18.2 Å². The Balaban J connectivity index is 2.74. The number of ether oxygens (including phenoxy) is 1. The molecule has 0 bridgehead atoms.